The molecule has 0 aliphatic carbocycles. The topological polar surface area (TPSA) is 52.6 Å². The molecule has 0 saturated heterocycles. The molecule has 146 valence electrons. The van der Waals surface area contributed by atoms with Crippen molar-refractivity contribution in [1.82, 2.24) is 10.2 Å². The Hall–Kier alpha value is -2.17. The van der Waals surface area contributed by atoms with Crippen LogP contribution in [0.4, 0.5) is 0 Å². The zero-order valence-corrected chi connectivity index (χ0v) is 16.6. The molecule has 0 saturated carbocycles. The molecule has 0 bridgehead atoms. The molecular formula is C23H32N2O2. The van der Waals surface area contributed by atoms with Crippen LogP contribution in [-0.2, 0) is 6.54 Å². The standard InChI is InChI=1S/C23H32N2O2/c1-18(2)16-21(24-23(27)20-12-8-5-9-13-20)22(26)14-15-25(3)17-19-10-6-4-7-11-19/h4-13,18,21-22,26H,14-17H2,1-3H3,(H,24,27). The summed E-state index contributed by atoms with van der Waals surface area (Å²) < 4.78 is 0. The van der Waals surface area contributed by atoms with Gasteiger partial charge in [-0.05, 0) is 43.5 Å². The minimum atomic E-state index is -0.571. The summed E-state index contributed by atoms with van der Waals surface area (Å²) in [6.07, 6.45) is 0.802. The molecule has 4 nitrogen and oxygen atoms in total. The maximum Gasteiger partial charge on any atom is 0.251 e. The number of nitrogens with one attached hydrogen (secondary N) is 1. The highest BCUT2D eigenvalue weighted by Crippen LogP contribution is 2.13. The van der Waals surface area contributed by atoms with E-state index >= 15 is 0 Å². The van der Waals surface area contributed by atoms with E-state index in [-0.39, 0.29) is 11.9 Å². The molecule has 0 aliphatic heterocycles. The summed E-state index contributed by atoms with van der Waals surface area (Å²) in [5, 5.41) is 13.8. The minimum Gasteiger partial charge on any atom is -0.391 e. The van der Waals surface area contributed by atoms with E-state index in [1.54, 1.807) is 12.1 Å². The van der Waals surface area contributed by atoms with Crippen LogP contribution in [0.15, 0.2) is 60.7 Å². The summed E-state index contributed by atoms with van der Waals surface area (Å²) in [6, 6.07) is 19.2. The number of aliphatic hydroxyl groups excluding tert-OH is 1. The van der Waals surface area contributed by atoms with Crippen LogP contribution < -0.4 is 5.32 Å². The number of rotatable bonds is 10. The predicted octanol–water partition coefficient (Wildman–Crippen LogP) is 3.71. The molecule has 2 N–H and O–H groups in total. The van der Waals surface area contributed by atoms with Gasteiger partial charge in [-0.1, -0.05) is 62.4 Å². The first-order valence-corrected chi connectivity index (χ1v) is 9.72. The summed E-state index contributed by atoms with van der Waals surface area (Å²) in [7, 11) is 2.06. The lowest BCUT2D eigenvalue weighted by molar-refractivity contribution is 0.0745. The highest BCUT2D eigenvalue weighted by molar-refractivity contribution is 5.94. The van der Waals surface area contributed by atoms with Gasteiger partial charge in [0, 0.05) is 18.7 Å². The van der Waals surface area contributed by atoms with Gasteiger partial charge in [-0.25, -0.2) is 0 Å². The van der Waals surface area contributed by atoms with E-state index in [1.165, 1.54) is 5.56 Å². The molecule has 2 unspecified atom stereocenters. The maximum atomic E-state index is 12.5. The van der Waals surface area contributed by atoms with Gasteiger partial charge in [-0.3, -0.25) is 4.79 Å². The average Bonchev–Trinajstić information content (AvgIpc) is 2.66. The largest absolute Gasteiger partial charge is 0.391 e. The van der Waals surface area contributed by atoms with Gasteiger partial charge < -0.3 is 15.3 Å². The van der Waals surface area contributed by atoms with E-state index in [4.69, 9.17) is 0 Å². The first-order valence-electron chi connectivity index (χ1n) is 9.72. The van der Waals surface area contributed by atoms with E-state index in [2.05, 4.69) is 43.2 Å². The summed E-state index contributed by atoms with van der Waals surface area (Å²) in [6.45, 7) is 5.83. The van der Waals surface area contributed by atoms with Crippen LogP contribution in [0, 0.1) is 5.92 Å². The van der Waals surface area contributed by atoms with Crippen molar-refractivity contribution in [2.24, 2.45) is 5.92 Å². The summed E-state index contributed by atoms with van der Waals surface area (Å²) in [5.41, 5.74) is 1.88. The molecule has 4 heteroatoms. The molecule has 0 radical (unpaired) electrons. The van der Waals surface area contributed by atoms with Gasteiger partial charge in [0.25, 0.3) is 5.91 Å². The van der Waals surface area contributed by atoms with Crippen molar-refractivity contribution < 1.29 is 9.90 Å². The second-order valence-electron chi connectivity index (χ2n) is 7.65. The SMILES string of the molecule is CC(C)CC(NC(=O)c1ccccc1)C(O)CCN(C)Cc1ccccc1. The van der Waals surface area contributed by atoms with E-state index in [0.29, 0.717) is 17.9 Å². The second-order valence-corrected chi connectivity index (χ2v) is 7.65. The third-order valence-corrected chi connectivity index (χ3v) is 4.64. The third kappa shape index (κ3) is 7.53. The molecule has 0 spiro atoms. The Morgan fingerprint density at radius 2 is 1.63 bits per heavy atom. The average molecular weight is 369 g/mol. The fraction of sp³-hybridized carbons (Fsp3) is 0.435. The van der Waals surface area contributed by atoms with Gasteiger partial charge in [0.1, 0.15) is 0 Å². The van der Waals surface area contributed by atoms with E-state index < -0.39 is 6.10 Å². The van der Waals surface area contributed by atoms with Crippen LogP contribution in [-0.4, -0.2) is 41.7 Å². The lowest BCUT2D eigenvalue weighted by Gasteiger charge is -2.27. The van der Waals surface area contributed by atoms with Crippen molar-refractivity contribution >= 4 is 5.91 Å². The number of hydrogen-bond donors (Lipinski definition) is 2. The van der Waals surface area contributed by atoms with Crippen LogP contribution in [0.5, 0.6) is 0 Å². The maximum absolute atomic E-state index is 12.5. The number of nitrogens with zero attached hydrogens (tertiary/aromatic N) is 1. The van der Waals surface area contributed by atoms with E-state index in [0.717, 1.165) is 19.5 Å². The fourth-order valence-corrected chi connectivity index (χ4v) is 3.19. The number of benzene rings is 2. The van der Waals surface area contributed by atoms with Crippen LogP contribution in [0.25, 0.3) is 0 Å². The van der Waals surface area contributed by atoms with Crippen LogP contribution in [0.1, 0.15) is 42.6 Å². The lowest BCUT2D eigenvalue weighted by atomic mass is 9.96. The first-order chi connectivity index (χ1) is 13.0. The Morgan fingerprint density at radius 1 is 1.04 bits per heavy atom. The molecule has 2 rings (SSSR count). The third-order valence-electron chi connectivity index (χ3n) is 4.64. The zero-order valence-electron chi connectivity index (χ0n) is 16.6. The molecule has 0 aromatic heterocycles. The summed E-state index contributed by atoms with van der Waals surface area (Å²) in [4.78, 5) is 14.7. The Bertz CT molecular complexity index is 673. The Labute approximate surface area is 163 Å². The monoisotopic (exact) mass is 368 g/mol. The molecule has 0 aliphatic rings. The van der Waals surface area contributed by atoms with Crippen molar-refractivity contribution in [2.45, 2.75) is 45.4 Å². The van der Waals surface area contributed by atoms with Gasteiger partial charge >= 0.3 is 0 Å². The first kappa shape index (κ1) is 21.1. The van der Waals surface area contributed by atoms with Gasteiger partial charge in [0.15, 0.2) is 0 Å². The summed E-state index contributed by atoms with van der Waals surface area (Å²) in [5.74, 6) is 0.265. The smallest absolute Gasteiger partial charge is 0.251 e. The molecule has 0 fully saturated rings. The molecule has 0 heterocycles. The molecule has 27 heavy (non-hydrogen) atoms. The zero-order chi connectivity index (χ0) is 19.6. The molecule has 2 aromatic carbocycles. The van der Waals surface area contributed by atoms with E-state index in [9.17, 15) is 9.90 Å². The van der Waals surface area contributed by atoms with Crippen LogP contribution in [0.3, 0.4) is 0 Å². The fourth-order valence-electron chi connectivity index (χ4n) is 3.19. The Morgan fingerprint density at radius 3 is 2.22 bits per heavy atom. The quantitative estimate of drug-likeness (QED) is 0.672. The highest BCUT2D eigenvalue weighted by Gasteiger charge is 2.23. The van der Waals surface area contributed by atoms with Crippen molar-refractivity contribution in [1.29, 1.82) is 0 Å². The molecular weight excluding hydrogens is 336 g/mol. The molecule has 1 amide bonds. The molecule has 2 atom stereocenters. The minimum absolute atomic E-state index is 0.127. The van der Waals surface area contributed by atoms with E-state index in [1.807, 2.05) is 36.4 Å². The van der Waals surface area contributed by atoms with Gasteiger partial charge in [0.05, 0.1) is 12.1 Å². The lowest BCUT2D eigenvalue weighted by Crippen LogP contribution is -2.45. The Balaban J connectivity index is 1.89. The Kier molecular flexibility index (Phi) is 8.49. The highest BCUT2D eigenvalue weighted by atomic mass is 16.3. The van der Waals surface area contributed by atoms with Crippen molar-refractivity contribution in [3.05, 3.63) is 71.8 Å². The number of aliphatic hydroxyl groups is 1. The number of hydrogen-bond acceptors (Lipinski definition) is 3. The van der Waals surface area contributed by atoms with Gasteiger partial charge in [-0.2, -0.15) is 0 Å². The number of carbonyl (C=O) groups excluding carboxylic acids is 1. The van der Waals surface area contributed by atoms with Crippen LogP contribution in [0.2, 0.25) is 0 Å². The normalized spacial score (nSPS) is 13.6. The molecule has 2 aromatic rings. The van der Waals surface area contributed by atoms with Gasteiger partial charge in [0.2, 0.25) is 0 Å². The number of carbonyl (C=O) groups is 1. The number of amides is 1. The second kappa shape index (κ2) is 10.9. The van der Waals surface area contributed by atoms with Gasteiger partial charge in [-0.15, -0.1) is 0 Å². The van der Waals surface area contributed by atoms with Crippen molar-refractivity contribution in [2.75, 3.05) is 13.6 Å². The summed E-state index contributed by atoms with van der Waals surface area (Å²) >= 11 is 0. The predicted molar refractivity (Wildman–Crippen MR) is 111 cm³/mol. The van der Waals surface area contributed by atoms with Crippen molar-refractivity contribution in [3.63, 3.8) is 0 Å². The van der Waals surface area contributed by atoms with Crippen molar-refractivity contribution in [3.8, 4) is 0 Å². The van der Waals surface area contributed by atoms with Crippen LogP contribution >= 0.6 is 0 Å².